The van der Waals surface area contributed by atoms with Gasteiger partial charge in [-0.05, 0) is 38.2 Å². The number of anilines is 3. The van der Waals surface area contributed by atoms with Gasteiger partial charge in [0.25, 0.3) is 6.43 Å². The summed E-state index contributed by atoms with van der Waals surface area (Å²) in [5.41, 5.74) is 1.41. The van der Waals surface area contributed by atoms with Crippen LogP contribution in [0, 0.1) is 12.7 Å². The lowest BCUT2D eigenvalue weighted by molar-refractivity contribution is -0.116. The summed E-state index contributed by atoms with van der Waals surface area (Å²) in [5.74, 6) is -0.412. The number of hydrogen-bond acceptors (Lipinski definition) is 7. The highest BCUT2D eigenvalue weighted by atomic mass is 19.3. The quantitative estimate of drug-likeness (QED) is 0.479. The van der Waals surface area contributed by atoms with Gasteiger partial charge in [0.2, 0.25) is 5.91 Å². The number of rotatable bonds is 8. The van der Waals surface area contributed by atoms with E-state index in [-0.39, 0.29) is 22.7 Å². The average molecular weight is 500 g/mol. The van der Waals surface area contributed by atoms with Gasteiger partial charge in [-0.3, -0.25) is 4.79 Å². The van der Waals surface area contributed by atoms with Gasteiger partial charge in [0.1, 0.15) is 11.6 Å². The van der Waals surface area contributed by atoms with Crippen LogP contribution < -0.4 is 10.6 Å². The standard InChI is InChI=1S/C25H28F3N7O/c1-16-21(15-22(33-32-16)19-13-17(25(27)28)3-4-20(19)26)30-18-5-7-29-23(14-18)31-24(36)6-8-35-11-9-34(2)10-12-35/h3-5,7,13-15,25H,6,8-12H2,1-2H3,(H2,29,30,31,33,36). The molecular formula is C25H28F3N7O. The van der Waals surface area contributed by atoms with E-state index < -0.39 is 12.2 Å². The molecule has 11 heteroatoms. The first kappa shape index (κ1) is 25.5. The molecule has 0 bridgehead atoms. The molecule has 36 heavy (non-hydrogen) atoms. The van der Waals surface area contributed by atoms with Crippen LogP contribution >= 0.6 is 0 Å². The molecule has 3 heterocycles. The van der Waals surface area contributed by atoms with Crippen molar-refractivity contribution in [2.45, 2.75) is 19.8 Å². The number of carbonyl (C=O) groups is 1. The smallest absolute Gasteiger partial charge is 0.263 e. The Morgan fingerprint density at radius 1 is 1.08 bits per heavy atom. The van der Waals surface area contributed by atoms with E-state index in [1.165, 1.54) is 0 Å². The van der Waals surface area contributed by atoms with E-state index in [1.807, 2.05) is 0 Å². The predicted molar refractivity (Wildman–Crippen MR) is 132 cm³/mol. The molecule has 0 saturated carbocycles. The van der Waals surface area contributed by atoms with Crippen molar-refractivity contribution in [3.8, 4) is 11.3 Å². The number of halogens is 3. The minimum atomic E-state index is -2.73. The third-order valence-corrected chi connectivity index (χ3v) is 6.05. The summed E-state index contributed by atoms with van der Waals surface area (Å²) in [7, 11) is 2.09. The van der Waals surface area contributed by atoms with Crippen molar-refractivity contribution in [2.75, 3.05) is 50.4 Å². The van der Waals surface area contributed by atoms with E-state index in [2.05, 4.69) is 42.7 Å². The number of aryl methyl sites for hydroxylation is 1. The highest BCUT2D eigenvalue weighted by Gasteiger charge is 2.16. The van der Waals surface area contributed by atoms with E-state index in [0.717, 1.165) is 44.4 Å². The Hall–Kier alpha value is -3.57. The second-order valence-corrected chi connectivity index (χ2v) is 8.77. The van der Waals surface area contributed by atoms with Gasteiger partial charge in [-0.25, -0.2) is 18.2 Å². The van der Waals surface area contributed by atoms with E-state index in [0.29, 0.717) is 35.9 Å². The SMILES string of the molecule is Cc1nnc(-c2cc(C(F)F)ccc2F)cc1Nc1ccnc(NC(=O)CCN2CCN(C)CC2)c1. The number of aromatic nitrogens is 3. The summed E-state index contributed by atoms with van der Waals surface area (Å²) in [4.78, 5) is 21.2. The number of carbonyl (C=O) groups excluding carboxylic acids is 1. The Morgan fingerprint density at radius 3 is 2.61 bits per heavy atom. The summed E-state index contributed by atoms with van der Waals surface area (Å²) >= 11 is 0. The van der Waals surface area contributed by atoms with E-state index in [4.69, 9.17) is 0 Å². The number of likely N-dealkylation sites (N-methyl/N-ethyl adjacent to an activating group) is 1. The van der Waals surface area contributed by atoms with E-state index >= 15 is 0 Å². The fourth-order valence-corrected chi connectivity index (χ4v) is 3.85. The molecule has 0 radical (unpaired) electrons. The summed E-state index contributed by atoms with van der Waals surface area (Å²) in [6, 6.07) is 8.04. The number of alkyl halides is 2. The van der Waals surface area contributed by atoms with Crippen molar-refractivity contribution in [1.82, 2.24) is 25.0 Å². The van der Waals surface area contributed by atoms with Gasteiger partial charge in [-0.1, -0.05) is 6.07 Å². The molecule has 2 aromatic heterocycles. The molecule has 1 saturated heterocycles. The van der Waals surface area contributed by atoms with Crippen LogP contribution in [0.3, 0.4) is 0 Å². The molecular weight excluding hydrogens is 471 g/mol. The van der Waals surface area contributed by atoms with Gasteiger partial charge in [0.05, 0.1) is 17.1 Å². The molecule has 8 nitrogen and oxygen atoms in total. The highest BCUT2D eigenvalue weighted by Crippen LogP contribution is 2.30. The molecule has 0 spiro atoms. The van der Waals surface area contributed by atoms with Gasteiger partial charge >= 0.3 is 0 Å². The van der Waals surface area contributed by atoms with Crippen molar-refractivity contribution in [3.63, 3.8) is 0 Å². The topological polar surface area (TPSA) is 86.3 Å². The first-order valence-electron chi connectivity index (χ1n) is 11.6. The van der Waals surface area contributed by atoms with Gasteiger partial charge in [-0.2, -0.15) is 10.2 Å². The molecule has 3 aromatic rings. The van der Waals surface area contributed by atoms with Crippen LogP contribution in [-0.4, -0.2) is 70.7 Å². The zero-order chi connectivity index (χ0) is 25.7. The number of benzene rings is 1. The van der Waals surface area contributed by atoms with E-state index in [9.17, 15) is 18.0 Å². The predicted octanol–water partition coefficient (Wildman–Crippen LogP) is 4.24. The molecule has 2 N–H and O–H groups in total. The molecule has 1 aromatic carbocycles. The Morgan fingerprint density at radius 2 is 1.86 bits per heavy atom. The Bertz CT molecular complexity index is 1220. The maximum absolute atomic E-state index is 14.4. The maximum atomic E-state index is 14.4. The molecule has 1 aliphatic heterocycles. The van der Waals surface area contributed by atoms with Crippen LogP contribution in [-0.2, 0) is 4.79 Å². The minimum Gasteiger partial charge on any atom is -0.354 e. The number of nitrogens with zero attached hydrogens (tertiary/aromatic N) is 5. The van der Waals surface area contributed by atoms with Crippen LogP contribution in [0.4, 0.5) is 30.4 Å². The Balaban J connectivity index is 1.43. The second-order valence-electron chi connectivity index (χ2n) is 8.77. The third kappa shape index (κ3) is 6.55. The highest BCUT2D eigenvalue weighted by molar-refractivity contribution is 5.90. The fourth-order valence-electron chi connectivity index (χ4n) is 3.85. The fraction of sp³-hybridized carbons (Fsp3) is 0.360. The molecule has 1 aliphatic rings. The lowest BCUT2D eigenvalue weighted by Crippen LogP contribution is -2.45. The van der Waals surface area contributed by atoms with Crippen molar-refractivity contribution in [1.29, 1.82) is 0 Å². The summed E-state index contributed by atoms with van der Waals surface area (Å²) < 4.78 is 40.6. The normalized spacial score (nSPS) is 14.7. The van der Waals surface area contributed by atoms with Crippen LogP contribution in [0.5, 0.6) is 0 Å². The number of amides is 1. The van der Waals surface area contributed by atoms with Crippen LogP contribution in [0.25, 0.3) is 11.3 Å². The number of nitrogens with one attached hydrogen (secondary N) is 2. The van der Waals surface area contributed by atoms with Gasteiger partial charge in [-0.15, -0.1) is 0 Å². The largest absolute Gasteiger partial charge is 0.354 e. The minimum absolute atomic E-state index is 0.0635. The first-order chi connectivity index (χ1) is 17.3. The van der Waals surface area contributed by atoms with Gasteiger partial charge in [0, 0.05) is 68.2 Å². The monoisotopic (exact) mass is 499 g/mol. The molecule has 1 amide bonds. The molecule has 190 valence electrons. The van der Waals surface area contributed by atoms with Crippen LogP contribution in [0.15, 0.2) is 42.6 Å². The molecule has 0 unspecified atom stereocenters. The van der Waals surface area contributed by atoms with Crippen molar-refractivity contribution >= 4 is 23.1 Å². The lowest BCUT2D eigenvalue weighted by atomic mass is 10.1. The second kappa shape index (κ2) is 11.4. The van der Waals surface area contributed by atoms with Crippen molar-refractivity contribution in [3.05, 3.63) is 59.7 Å². The summed E-state index contributed by atoms with van der Waals surface area (Å²) in [6.45, 7) is 6.27. The molecule has 0 atom stereocenters. The van der Waals surface area contributed by atoms with Crippen molar-refractivity contribution in [2.24, 2.45) is 0 Å². The van der Waals surface area contributed by atoms with Crippen LogP contribution in [0.1, 0.15) is 24.1 Å². The van der Waals surface area contributed by atoms with Crippen molar-refractivity contribution < 1.29 is 18.0 Å². The molecule has 0 aliphatic carbocycles. The van der Waals surface area contributed by atoms with Gasteiger partial charge in [0.15, 0.2) is 0 Å². The zero-order valence-electron chi connectivity index (χ0n) is 20.1. The van der Waals surface area contributed by atoms with Gasteiger partial charge < -0.3 is 20.4 Å². The lowest BCUT2D eigenvalue weighted by Gasteiger charge is -2.32. The summed E-state index contributed by atoms with van der Waals surface area (Å²) in [5, 5.41) is 14.0. The first-order valence-corrected chi connectivity index (χ1v) is 11.6. The maximum Gasteiger partial charge on any atom is 0.263 e. The third-order valence-electron chi connectivity index (χ3n) is 6.05. The average Bonchev–Trinajstić information content (AvgIpc) is 2.85. The number of hydrogen-bond donors (Lipinski definition) is 2. The molecule has 4 rings (SSSR count). The molecule has 1 fully saturated rings. The zero-order valence-corrected chi connectivity index (χ0v) is 20.1. The van der Waals surface area contributed by atoms with Crippen LogP contribution in [0.2, 0.25) is 0 Å². The van der Waals surface area contributed by atoms with E-state index in [1.54, 1.807) is 31.3 Å². The Kier molecular flexibility index (Phi) is 8.11. The number of pyridine rings is 1. The number of piperazine rings is 1. The summed E-state index contributed by atoms with van der Waals surface area (Å²) in [6.07, 6.45) is -0.815. The Labute approximate surface area is 207 Å².